The van der Waals surface area contributed by atoms with Gasteiger partial charge in [-0.15, -0.1) is 24.8 Å². The van der Waals surface area contributed by atoms with Crippen molar-refractivity contribution in [2.75, 3.05) is 13.1 Å². The van der Waals surface area contributed by atoms with E-state index in [1.165, 1.54) is 0 Å². The Kier molecular flexibility index (Phi) is 7.54. The van der Waals surface area contributed by atoms with Gasteiger partial charge in [-0.05, 0) is 0 Å². The Labute approximate surface area is 130 Å². The van der Waals surface area contributed by atoms with Gasteiger partial charge in [0.05, 0.1) is 11.2 Å². The highest BCUT2D eigenvalue weighted by Crippen LogP contribution is 2.24. The van der Waals surface area contributed by atoms with Crippen molar-refractivity contribution in [2.45, 2.75) is 18.4 Å². The largest absolute Gasteiger partial charge is 0.311 e. The summed E-state index contributed by atoms with van der Waals surface area (Å²) in [5, 5.41) is 5.91. The van der Waals surface area contributed by atoms with Crippen molar-refractivity contribution in [2.24, 2.45) is 0 Å². The number of nitrogens with zero attached hydrogens (tertiary/aromatic N) is 2. The second kappa shape index (κ2) is 7.59. The van der Waals surface area contributed by atoms with Crippen LogP contribution in [0.25, 0.3) is 0 Å². The number of nitrogens with one attached hydrogen (secondary N) is 1. The predicted octanol–water partition coefficient (Wildman–Crippen LogP) is 2.21. The minimum absolute atomic E-state index is 0. The number of rotatable bonds is 1. The topological polar surface area (TPSA) is 46.9 Å². The highest BCUT2D eigenvalue weighted by molar-refractivity contribution is 6.41. The lowest BCUT2D eigenvalue weighted by atomic mass is 10.0. The average molecular weight is 357 g/mol. The van der Waals surface area contributed by atoms with E-state index in [1.807, 2.05) is 0 Å². The molecule has 10 heteroatoms. The summed E-state index contributed by atoms with van der Waals surface area (Å²) < 4.78 is 28.0. The molecule has 0 spiro atoms. The van der Waals surface area contributed by atoms with Crippen LogP contribution < -0.4 is 10.9 Å². The van der Waals surface area contributed by atoms with Crippen molar-refractivity contribution >= 4 is 48.0 Å². The summed E-state index contributed by atoms with van der Waals surface area (Å²) in [6.07, 6.45) is -1.98. The normalized spacial score (nSPS) is 23.4. The highest BCUT2D eigenvalue weighted by Gasteiger charge is 2.36. The molecule has 0 aliphatic carbocycles. The van der Waals surface area contributed by atoms with Crippen LogP contribution >= 0.6 is 48.0 Å². The molecule has 1 aromatic rings. The van der Waals surface area contributed by atoms with Gasteiger partial charge < -0.3 is 5.32 Å². The van der Waals surface area contributed by atoms with Crippen molar-refractivity contribution < 1.29 is 8.78 Å². The Balaban J connectivity index is 0.00000162. The predicted molar refractivity (Wildman–Crippen MR) is 74.7 cm³/mol. The lowest BCUT2D eigenvalue weighted by Gasteiger charge is -2.30. The zero-order valence-corrected chi connectivity index (χ0v) is 12.5. The monoisotopic (exact) mass is 355 g/mol. The molecule has 0 bridgehead atoms. The van der Waals surface area contributed by atoms with E-state index in [-0.39, 0.29) is 47.9 Å². The molecular weight excluding hydrogens is 346 g/mol. The molecule has 0 amide bonds. The van der Waals surface area contributed by atoms with Crippen molar-refractivity contribution in [3.05, 3.63) is 26.6 Å². The maximum atomic E-state index is 13.6. The van der Waals surface area contributed by atoms with Gasteiger partial charge in [0.25, 0.3) is 5.56 Å². The first-order chi connectivity index (χ1) is 8.02. The van der Waals surface area contributed by atoms with Gasteiger partial charge in [0.1, 0.15) is 23.4 Å². The van der Waals surface area contributed by atoms with E-state index in [0.717, 1.165) is 10.9 Å². The molecule has 0 saturated carbocycles. The van der Waals surface area contributed by atoms with Gasteiger partial charge >= 0.3 is 0 Å². The standard InChI is InChI=1S/C9H9Cl2F2N3O.2ClH/c10-4-1-15-16(9(17)7(4)11)8-5(12)2-14-3-6(8)13;;/h1,5-6,8,14H,2-3H2;2*1H/t5-,6-;;/m0../s1. The van der Waals surface area contributed by atoms with Crippen LogP contribution in [0.4, 0.5) is 8.78 Å². The summed E-state index contributed by atoms with van der Waals surface area (Å²) in [6, 6.07) is -1.27. The number of alkyl halides is 2. The van der Waals surface area contributed by atoms with Crippen LogP contribution in [-0.4, -0.2) is 35.2 Å². The number of hydrogen-bond donors (Lipinski definition) is 1. The third-order valence-electron chi connectivity index (χ3n) is 2.60. The Morgan fingerprint density at radius 1 is 1.26 bits per heavy atom. The van der Waals surface area contributed by atoms with E-state index < -0.39 is 23.9 Å². The summed E-state index contributed by atoms with van der Waals surface area (Å²) >= 11 is 11.2. The molecule has 1 N–H and O–H groups in total. The fourth-order valence-electron chi connectivity index (χ4n) is 1.77. The van der Waals surface area contributed by atoms with Gasteiger partial charge in [0, 0.05) is 13.1 Å². The van der Waals surface area contributed by atoms with Gasteiger partial charge in [-0.2, -0.15) is 5.10 Å². The van der Waals surface area contributed by atoms with Crippen LogP contribution in [0.2, 0.25) is 10.0 Å². The van der Waals surface area contributed by atoms with Crippen LogP contribution in [0.5, 0.6) is 0 Å². The molecular formula is C9H11Cl4F2N3O. The van der Waals surface area contributed by atoms with Gasteiger partial charge in [0.2, 0.25) is 0 Å². The van der Waals surface area contributed by atoms with Crippen molar-refractivity contribution in [1.29, 1.82) is 0 Å². The summed E-state index contributed by atoms with van der Waals surface area (Å²) in [7, 11) is 0. The first-order valence-corrected chi connectivity index (χ1v) is 5.69. The van der Waals surface area contributed by atoms with E-state index in [4.69, 9.17) is 23.2 Å². The molecule has 0 radical (unpaired) electrons. The van der Waals surface area contributed by atoms with Crippen molar-refractivity contribution in [3.63, 3.8) is 0 Å². The zero-order valence-electron chi connectivity index (χ0n) is 9.35. The third kappa shape index (κ3) is 3.70. The lowest BCUT2D eigenvalue weighted by Crippen LogP contribution is -2.50. The molecule has 0 aromatic carbocycles. The molecule has 1 fully saturated rings. The second-order valence-corrected chi connectivity index (χ2v) is 4.52. The minimum atomic E-state index is -1.54. The Morgan fingerprint density at radius 3 is 2.32 bits per heavy atom. The van der Waals surface area contributed by atoms with Crippen LogP contribution in [0.15, 0.2) is 11.0 Å². The quantitative estimate of drug-likeness (QED) is 0.839. The summed E-state index contributed by atoms with van der Waals surface area (Å²) in [6.45, 7) is -0.0566. The fraction of sp³-hybridized carbons (Fsp3) is 0.556. The third-order valence-corrected chi connectivity index (χ3v) is 3.35. The second-order valence-electron chi connectivity index (χ2n) is 3.74. The fourth-order valence-corrected chi connectivity index (χ4v) is 2.03. The SMILES string of the molecule is Cl.Cl.O=c1c(Cl)c(Cl)cnn1C1[C@@H](F)CNC[C@@H]1F. The Bertz CT molecular complexity index is 477. The average Bonchev–Trinajstić information content (AvgIpc) is 2.29. The number of piperidine rings is 1. The van der Waals surface area contributed by atoms with Crippen molar-refractivity contribution in [3.8, 4) is 0 Å². The van der Waals surface area contributed by atoms with E-state index in [9.17, 15) is 13.6 Å². The first-order valence-electron chi connectivity index (χ1n) is 4.94. The van der Waals surface area contributed by atoms with Gasteiger partial charge in [0.15, 0.2) is 0 Å². The van der Waals surface area contributed by atoms with Crippen molar-refractivity contribution in [1.82, 2.24) is 15.1 Å². The molecule has 1 aliphatic heterocycles. The summed E-state index contributed by atoms with van der Waals surface area (Å²) in [4.78, 5) is 11.7. The zero-order chi connectivity index (χ0) is 12.6. The van der Waals surface area contributed by atoms with Crippen LogP contribution in [0.3, 0.4) is 0 Å². The molecule has 1 aliphatic rings. The minimum Gasteiger partial charge on any atom is -0.311 e. The van der Waals surface area contributed by atoms with Crippen LogP contribution in [0.1, 0.15) is 6.04 Å². The summed E-state index contributed by atoms with van der Waals surface area (Å²) in [5.41, 5.74) is -0.781. The maximum Gasteiger partial charge on any atom is 0.287 e. The first kappa shape index (κ1) is 18.9. The maximum absolute atomic E-state index is 13.6. The van der Waals surface area contributed by atoms with E-state index in [0.29, 0.717) is 0 Å². The van der Waals surface area contributed by atoms with E-state index >= 15 is 0 Å². The van der Waals surface area contributed by atoms with Crippen LogP contribution in [0, 0.1) is 0 Å². The molecule has 110 valence electrons. The molecule has 0 unspecified atom stereocenters. The van der Waals surface area contributed by atoms with Gasteiger partial charge in [-0.3, -0.25) is 4.79 Å². The van der Waals surface area contributed by atoms with Gasteiger partial charge in [-0.25, -0.2) is 13.5 Å². The molecule has 1 saturated heterocycles. The highest BCUT2D eigenvalue weighted by atomic mass is 35.5. The number of aromatic nitrogens is 2. The molecule has 2 heterocycles. The summed E-state index contributed by atoms with van der Waals surface area (Å²) in [5.74, 6) is 0. The number of halogens is 6. The number of hydrogen-bond acceptors (Lipinski definition) is 3. The molecule has 2 atom stereocenters. The van der Waals surface area contributed by atoms with E-state index in [1.54, 1.807) is 0 Å². The molecule has 19 heavy (non-hydrogen) atoms. The lowest BCUT2D eigenvalue weighted by molar-refractivity contribution is 0.0847. The smallest absolute Gasteiger partial charge is 0.287 e. The Hall–Kier alpha value is -0.140. The van der Waals surface area contributed by atoms with Gasteiger partial charge in [-0.1, -0.05) is 23.2 Å². The van der Waals surface area contributed by atoms with E-state index in [2.05, 4.69) is 10.4 Å². The molecule has 4 nitrogen and oxygen atoms in total. The van der Waals surface area contributed by atoms with Crippen LogP contribution in [-0.2, 0) is 0 Å². The molecule has 1 aromatic heterocycles. The Morgan fingerprint density at radius 2 is 1.79 bits per heavy atom. The molecule has 2 rings (SSSR count).